The fraction of sp³-hybridized carbons (Fsp3) is 0.273. The second kappa shape index (κ2) is 9.79. The van der Waals surface area contributed by atoms with E-state index in [0.29, 0.717) is 33.2 Å². The molecule has 4 rings (SSSR count). The Bertz CT molecular complexity index is 1010. The molecule has 156 valence electrons. The van der Waals surface area contributed by atoms with Crippen LogP contribution in [0.25, 0.3) is 11.3 Å². The number of ether oxygens (including phenoxy) is 2. The van der Waals surface area contributed by atoms with Gasteiger partial charge >= 0.3 is 0 Å². The maximum absolute atomic E-state index is 13.0. The first kappa shape index (κ1) is 21.1. The van der Waals surface area contributed by atoms with Crippen LogP contribution in [0.1, 0.15) is 12.8 Å². The van der Waals surface area contributed by atoms with Crippen molar-refractivity contribution in [1.82, 2.24) is 4.98 Å². The van der Waals surface area contributed by atoms with Crippen molar-refractivity contribution in [2.24, 2.45) is 0 Å². The summed E-state index contributed by atoms with van der Waals surface area (Å²) < 4.78 is 11.4. The first-order chi connectivity index (χ1) is 14.6. The highest BCUT2D eigenvalue weighted by molar-refractivity contribution is 7.14. The third kappa shape index (κ3) is 5.13. The number of thiazole rings is 1. The zero-order valence-electron chi connectivity index (χ0n) is 16.1. The standard InChI is InChI=1S/C22H20Cl2N2O3S/c23-15-8-9-18(19(24)11-15)20-14-30-22(25-20)26(12-17-7-4-10-28-17)21(27)13-29-16-5-2-1-3-6-16/h1-3,5-6,8-9,11,14,17H,4,7,10,12-13H2. The van der Waals surface area contributed by atoms with E-state index in [4.69, 9.17) is 32.7 Å². The fourth-order valence-electron chi connectivity index (χ4n) is 3.23. The molecular weight excluding hydrogens is 443 g/mol. The van der Waals surface area contributed by atoms with Crippen LogP contribution in [-0.2, 0) is 9.53 Å². The minimum atomic E-state index is -0.169. The lowest BCUT2D eigenvalue weighted by molar-refractivity contribution is -0.120. The summed E-state index contributed by atoms with van der Waals surface area (Å²) in [5, 5.41) is 3.56. The van der Waals surface area contributed by atoms with Crippen LogP contribution in [-0.4, -0.2) is 36.8 Å². The molecule has 8 heteroatoms. The molecule has 1 amide bonds. The predicted molar refractivity (Wildman–Crippen MR) is 121 cm³/mol. The Balaban J connectivity index is 1.54. The molecular formula is C22H20Cl2N2O3S. The van der Waals surface area contributed by atoms with Gasteiger partial charge in [-0.3, -0.25) is 9.69 Å². The maximum atomic E-state index is 13.0. The van der Waals surface area contributed by atoms with Crippen molar-refractivity contribution < 1.29 is 14.3 Å². The zero-order chi connectivity index (χ0) is 20.9. The second-order valence-electron chi connectivity index (χ2n) is 6.88. The highest BCUT2D eigenvalue weighted by Gasteiger charge is 2.26. The van der Waals surface area contributed by atoms with Crippen molar-refractivity contribution >= 4 is 45.6 Å². The van der Waals surface area contributed by atoms with E-state index < -0.39 is 0 Å². The molecule has 0 spiro atoms. The summed E-state index contributed by atoms with van der Waals surface area (Å²) >= 11 is 13.7. The van der Waals surface area contributed by atoms with Gasteiger partial charge in [0.05, 0.1) is 23.4 Å². The Morgan fingerprint density at radius 3 is 2.80 bits per heavy atom. The maximum Gasteiger partial charge on any atom is 0.266 e. The molecule has 0 aliphatic carbocycles. The Morgan fingerprint density at radius 1 is 1.23 bits per heavy atom. The van der Waals surface area contributed by atoms with Crippen LogP contribution in [0.5, 0.6) is 5.75 Å². The number of rotatable bonds is 7. The largest absolute Gasteiger partial charge is 0.484 e. The highest BCUT2D eigenvalue weighted by Crippen LogP contribution is 2.34. The second-order valence-corrected chi connectivity index (χ2v) is 8.56. The SMILES string of the molecule is O=C(COc1ccccc1)N(CC1CCCO1)c1nc(-c2ccc(Cl)cc2Cl)cs1. The molecule has 1 saturated heterocycles. The molecule has 1 unspecified atom stereocenters. The van der Waals surface area contributed by atoms with E-state index in [0.717, 1.165) is 25.0 Å². The van der Waals surface area contributed by atoms with E-state index in [1.54, 1.807) is 17.0 Å². The minimum Gasteiger partial charge on any atom is -0.484 e. The lowest BCUT2D eigenvalue weighted by atomic mass is 10.2. The van der Waals surface area contributed by atoms with Gasteiger partial charge in [-0.2, -0.15) is 0 Å². The highest BCUT2D eigenvalue weighted by atomic mass is 35.5. The van der Waals surface area contributed by atoms with Crippen molar-refractivity contribution in [2.45, 2.75) is 18.9 Å². The number of aromatic nitrogens is 1. The van der Waals surface area contributed by atoms with E-state index in [9.17, 15) is 4.79 Å². The van der Waals surface area contributed by atoms with Crippen LogP contribution in [0.15, 0.2) is 53.9 Å². The van der Waals surface area contributed by atoms with E-state index in [1.807, 2.05) is 41.8 Å². The zero-order valence-corrected chi connectivity index (χ0v) is 18.4. The molecule has 3 aromatic rings. The number of amides is 1. The number of hydrogen-bond acceptors (Lipinski definition) is 5. The van der Waals surface area contributed by atoms with Gasteiger partial charge in [0.1, 0.15) is 5.75 Å². The molecule has 2 aromatic carbocycles. The normalized spacial score (nSPS) is 15.9. The van der Waals surface area contributed by atoms with Gasteiger partial charge in [0, 0.05) is 22.6 Å². The summed E-state index contributed by atoms with van der Waals surface area (Å²) in [6.45, 7) is 1.09. The fourth-order valence-corrected chi connectivity index (χ4v) is 4.58. The van der Waals surface area contributed by atoms with Gasteiger partial charge in [-0.25, -0.2) is 4.98 Å². The summed E-state index contributed by atoms with van der Waals surface area (Å²) in [5.74, 6) is 0.480. The van der Waals surface area contributed by atoms with Gasteiger partial charge in [0.2, 0.25) is 0 Å². The summed E-state index contributed by atoms with van der Waals surface area (Å²) in [7, 11) is 0. The topological polar surface area (TPSA) is 51.7 Å². The molecule has 1 atom stereocenters. The van der Waals surface area contributed by atoms with Gasteiger partial charge in [0.25, 0.3) is 5.91 Å². The van der Waals surface area contributed by atoms with Crippen molar-refractivity contribution in [3.63, 3.8) is 0 Å². The van der Waals surface area contributed by atoms with Crippen molar-refractivity contribution in [3.05, 3.63) is 64.0 Å². The van der Waals surface area contributed by atoms with Crippen molar-refractivity contribution in [2.75, 3.05) is 24.7 Å². The predicted octanol–water partition coefficient (Wildman–Crippen LogP) is 5.71. The van der Waals surface area contributed by atoms with Crippen LogP contribution in [0, 0.1) is 0 Å². The van der Waals surface area contributed by atoms with E-state index in [1.165, 1.54) is 11.3 Å². The van der Waals surface area contributed by atoms with Gasteiger partial charge in [0.15, 0.2) is 11.7 Å². The summed E-state index contributed by atoms with van der Waals surface area (Å²) in [6.07, 6.45) is 1.92. The summed E-state index contributed by atoms with van der Waals surface area (Å²) in [5.41, 5.74) is 1.47. The van der Waals surface area contributed by atoms with E-state index in [2.05, 4.69) is 4.98 Å². The first-order valence-corrected chi connectivity index (χ1v) is 11.2. The van der Waals surface area contributed by atoms with Crippen LogP contribution in [0.3, 0.4) is 0 Å². The molecule has 0 bridgehead atoms. The summed E-state index contributed by atoms with van der Waals surface area (Å²) in [4.78, 5) is 19.4. The van der Waals surface area contributed by atoms with Gasteiger partial charge in [-0.05, 0) is 43.2 Å². The number of carbonyl (C=O) groups is 1. The lowest BCUT2D eigenvalue weighted by Crippen LogP contribution is -2.40. The Hall–Kier alpha value is -2.12. The molecule has 2 heterocycles. The number of carbonyl (C=O) groups excluding carboxylic acids is 1. The van der Waals surface area contributed by atoms with Gasteiger partial charge in [-0.1, -0.05) is 41.4 Å². The third-order valence-corrected chi connectivity index (χ3v) is 6.16. The smallest absolute Gasteiger partial charge is 0.266 e. The summed E-state index contributed by atoms with van der Waals surface area (Å²) in [6, 6.07) is 14.6. The molecule has 0 saturated carbocycles. The molecule has 0 N–H and O–H groups in total. The number of hydrogen-bond donors (Lipinski definition) is 0. The molecule has 0 radical (unpaired) electrons. The number of para-hydroxylation sites is 1. The molecule has 30 heavy (non-hydrogen) atoms. The van der Waals surface area contributed by atoms with Crippen LogP contribution < -0.4 is 9.64 Å². The number of nitrogens with zero attached hydrogens (tertiary/aromatic N) is 2. The Morgan fingerprint density at radius 2 is 2.07 bits per heavy atom. The molecule has 1 fully saturated rings. The van der Waals surface area contributed by atoms with Crippen LogP contribution in [0.2, 0.25) is 10.0 Å². The van der Waals surface area contributed by atoms with E-state index in [-0.39, 0.29) is 18.6 Å². The third-order valence-electron chi connectivity index (χ3n) is 4.75. The lowest BCUT2D eigenvalue weighted by Gasteiger charge is -2.23. The van der Waals surface area contributed by atoms with Crippen molar-refractivity contribution in [1.29, 1.82) is 0 Å². The number of halogens is 2. The quantitative estimate of drug-likeness (QED) is 0.451. The molecule has 1 aliphatic heterocycles. The van der Waals surface area contributed by atoms with Crippen LogP contribution >= 0.6 is 34.5 Å². The Labute approximate surface area is 189 Å². The van der Waals surface area contributed by atoms with E-state index >= 15 is 0 Å². The molecule has 5 nitrogen and oxygen atoms in total. The van der Waals surface area contributed by atoms with Crippen LogP contribution in [0.4, 0.5) is 5.13 Å². The Kier molecular flexibility index (Phi) is 6.89. The van der Waals surface area contributed by atoms with Gasteiger partial charge < -0.3 is 9.47 Å². The van der Waals surface area contributed by atoms with Gasteiger partial charge in [-0.15, -0.1) is 11.3 Å². The van der Waals surface area contributed by atoms with Crippen molar-refractivity contribution in [3.8, 4) is 17.0 Å². The average Bonchev–Trinajstić information content (AvgIpc) is 3.43. The first-order valence-electron chi connectivity index (χ1n) is 9.61. The number of benzene rings is 2. The molecule has 1 aromatic heterocycles. The molecule has 1 aliphatic rings. The monoisotopic (exact) mass is 462 g/mol. The number of anilines is 1. The minimum absolute atomic E-state index is 0.00264. The average molecular weight is 463 g/mol.